The van der Waals surface area contributed by atoms with Crippen LogP contribution in [0.4, 0.5) is 0 Å². The predicted molar refractivity (Wildman–Crippen MR) is 58.6 cm³/mol. The monoisotopic (exact) mass is 210 g/mol. The van der Waals surface area contributed by atoms with E-state index in [2.05, 4.69) is 0 Å². The van der Waals surface area contributed by atoms with Crippen LogP contribution in [0.1, 0.15) is 31.3 Å². The standard InChI is InChI=1S/C11H18N2O2/c1-11(2,3)13(7-6-12)10(14)9-5-4-8-15-9/h4-5,8H,6-7,12H2,1-3H3. The summed E-state index contributed by atoms with van der Waals surface area (Å²) in [7, 11) is 0. The Kier molecular flexibility index (Phi) is 3.52. The molecule has 2 N–H and O–H groups in total. The Bertz CT molecular complexity index is 312. The summed E-state index contributed by atoms with van der Waals surface area (Å²) in [5.41, 5.74) is 5.25. The van der Waals surface area contributed by atoms with Gasteiger partial charge in [0.05, 0.1) is 6.26 Å². The van der Waals surface area contributed by atoms with E-state index >= 15 is 0 Å². The molecule has 4 heteroatoms. The summed E-state index contributed by atoms with van der Waals surface area (Å²) in [6.45, 7) is 6.91. The van der Waals surface area contributed by atoms with Gasteiger partial charge in [-0.15, -0.1) is 0 Å². The van der Waals surface area contributed by atoms with Crippen LogP contribution in [0, 0.1) is 0 Å². The van der Waals surface area contributed by atoms with E-state index in [1.165, 1.54) is 6.26 Å². The third kappa shape index (κ3) is 2.83. The SMILES string of the molecule is CC(C)(C)N(CCN)C(=O)c1ccco1. The molecule has 1 amide bonds. The first-order valence-corrected chi connectivity index (χ1v) is 5.02. The average molecular weight is 210 g/mol. The van der Waals surface area contributed by atoms with Gasteiger partial charge in [-0.3, -0.25) is 4.79 Å². The van der Waals surface area contributed by atoms with Gasteiger partial charge in [0.1, 0.15) is 0 Å². The predicted octanol–water partition coefficient (Wildman–Crippen LogP) is 1.48. The molecule has 1 rings (SSSR count). The highest BCUT2D eigenvalue weighted by molar-refractivity contribution is 5.91. The van der Waals surface area contributed by atoms with E-state index in [1.54, 1.807) is 17.0 Å². The van der Waals surface area contributed by atoms with Crippen molar-refractivity contribution in [1.29, 1.82) is 0 Å². The summed E-state index contributed by atoms with van der Waals surface area (Å²) in [5.74, 6) is 0.247. The van der Waals surface area contributed by atoms with Crippen molar-refractivity contribution in [3.05, 3.63) is 24.2 Å². The molecule has 0 spiro atoms. The van der Waals surface area contributed by atoms with Crippen molar-refractivity contribution in [2.45, 2.75) is 26.3 Å². The molecule has 0 radical (unpaired) electrons. The van der Waals surface area contributed by atoms with Crippen molar-refractivity contribution in [3.8, 4) is 0 Å². The summed E-state index contributed by atoms with van der Waals surface area (Å²) < 4.78 is 5.09. The number of nitrogens with two attached hydrogens (primary N) is 1. The maximum absolute atomic E-state index is 12.0. The highest BCUT2D eigenvalue weighted by Crippen LogP contribution is 2.16. The first-order chi connectivity index (χ1) is 6.96. The Balaban J connectivity index is 2.86. The average Bonchev–Trinajstić information content (AvgIpc) is 2.63. The summed E-state index contributed by atoms with van der Waals surface area (Å²) in [5, 5.41) is 0. The lowest BCUT2D eigenvalue weighted by atomic mass is 10.1. The zero-order valence-electron chi connectivity index (χ0n) is 9.49. The van der Waals surface area contributed by atoms with E-state index in [-0.39, 0.29) is 11.4 Å². The van der Waals surface area contributed by atoms with Crippen LogP contribution in [-0.4, -0.2) is 29.4 Å². The van der Waals surface area contributed by atoms with Gasteiger partial charge >= 0.3 is 0 Å². The van der Waals surface area contributed by atoms with Gasteiger partial charge in [-0.05, 0) is 32.9 Å². The van der Waals surface area contributed by atoms with E-state index in [0.29, 0.717) is 18.8 Å². The second kappa shape index (κ2) is 4.49. The molecule has 15 heavy (non-hydrogen) atoms. The molecule has 1 heterocycles. The third-order valence-corrected chi connectivity index (χ3v) is 2.14. The number of hydrogen-bond acceptors (Lipinski definition) is 3. The summed E-state index contributed by atoms with van der Waals surface area (Å²) in [4.78, 5) is 13.7. The van der Waals surface area contributed by atoms with Crippen molar-refractivity contribution in [2.75, 3.05) is 13.1 Å². The molecule has 0 aliphatic heterocycles. The zero-order valence-corrected chi connectivity index (χ0v) is 9.49. The molecule has 0 unspecified atom stereocenters. The largest absolute Gasteiger partial charge is 0.459 e. The van der Waals surface area contributed by atoms with Gasteiger partial charge in [0.2, 0.25) is 0 Å². The van der Waals surface area contributed by atoms with Gasteiger partial charge in [0, 0.05) is 18.6 Å². The maximum Gasteiger partial charge on any atom is 0.290 e. The number of carbonyl (C=O) groups excluding carboxylic acids is 1. The molecule has 0 fully saturated rings. The van der Waals surface area contributed by atoms with Gasteiger partial charge in [0.15, 0.2) is 5.76 Å². The lowest BCUT2D eigenvalue weighted by molar-refractivity contribution is 0.0558. The lowest BCUT2D eigenvalue weighted by Crippen LogP contribution is -2.47. The van der Waals surface area contributed by atoms with Gasteiger partial charge in [-0.2, -0.15) is 0 Å². The highest BCUT2D eigenvalue weighted by Gasteiger charge is 2.27. The van der Waals surface area contributed by atoms with Gasteiger partial charge in [-0.1, -0.05) is 0 Å². The molecule has 0 atom stereocenters. The number of carbonyl (C=O) groups is 1. The number of hydrogen-bond donors (Lipinski definition) is 1. The van der Waals surface area contributed by atoms with Gasteiger partial charge in [0.25, 0.3) is 5.91 Å². The molecule has 0 aliphatic rings. The first kappa shape index (κ1) is 11.8. The molecule has 84 valence electrons. The lowest BCUT2D eigenvalue weighted by Gasteiger charge is -2.34. The fourth-order valence-corrected chi connectivity index (χ4v) is 1.40. The first-order valence-electron chi connectivity index (χ1n) is 5.02. The smallest absolute Gasteiger partial charge is 0.290 e. The highest BCUT2D eigenvalue weighted by atomic mass is 16.3. The van der Waals surface area contributed by atoms with Crippen LogP contribution in [0.2, 0.25) is 0 Å². The van der Waals surface area contributed by atoms with Crippen LogP contribution in [0.25, 0.3) is 0 Å². The maximum atomic E-state index is 12.0. The molecule has 4 nitrogen and oxygen atoms in total. The number of nitrogens with zero attached hydrogens (tertiary/aromatic N) is 1. The molecule has 0 saturated carbocycles. The van der Waals surface area contributed by atoms with E-state index in [4.69, 9.17) is 10.2 Å². The van der Waals surface area contributed by atoms with Crippen molar-refractivity contribution in [3.63, 3.8) is 0 Å². The van der Waals surface area contributed by atoms with E-state index in [0.717, 1.165) is 0 Å². The van der Waals surface area contributed by atoms with Crippen LogP contribution in [0.3, 0.4) is 0 Å². The Labute approximate surface area is 90.0 Å². The molecular weight excluding hydrogens is 192 g/mol. The van der Waals surface area contributed by atoms with Crippen molar-refractivity contribution in [2.24, 2.45) is 5.73 Å². The Hall–Kier alpha value is -1.29. The Morgan fingerprint density at radius 1 is 1.53 bits per heavy atom. The topological polar surface area (TPSA) is 59.5 Å². The Morgan fingerprint density at radius 3 is 2.60 bits per heavy atom. The van der Waals surface area contributed by atoms with Gasteiger partial charge < -0.3 is 15.1 Å². The minimum atomic E-state index is -0.247. The summed E-state index contributed by atoms with van der Waals surface area (Å²) in [6.07, 6.45) is 1.50. The molecule has 1 aromatic rings. The molecule has 0 aliphatic carbocycles. The molecule has 0 bridgehead atoms. The summed E-state index contributed by atoms with van der Waals surface area (Å²) >= 11 is 0. The van der Waals surface area contributed by atoms with Crippen molar-refractivity contribution < 1.29 is 9.21 Å². The molecule has 0 saturated heterocycles. The molecular formula is C11H18N2O2. The normalized spacial score (nSPS) is 11.5. The zero-order chi connectivity index (χ0) is 11.5. The van der Waals surface area contributed by atoms with Crippen LogP contribution >= 0.6 is 0 Å². The van der Waals surface area contributed by atoms with Crippen molar-refractivity contribution in [1.82, 2.24) is 4.90 Å². The fourth-order valence-electron chi connectivity index (χ4n) is 1.40. The second-order valence-corrected chi connectivity index (χ2v) is 4.39. The van der Waals surface area contributed by atoms with Crippen molar-refractivity contribution >= 4 is 5.91 Å². The second-order valence-electron chi connectivity index (χ2n) is 4.39. The molecule has 0 aromatic carbocycles. The van der Waals surface area contributed by atoms with Crippen LogP contribution in [0.5, 0.6) is 0 Å². The van der Waals surface area contributed by atoms with Crippen LogP contribution < -0.4 is 5.73 Å². The van der Waals surface area contributed by atoms with E-state index in [9.17, 15) is 4.79 Å². The minimum absolute atomic E-state index is 0.113. The number of furan rings is 1. The van der Waals surface area contributed by atoms with E-state index in [1.807, 2.05) is 20.8 Å². The van der Waals surface area contributed by atoms with Gasteiger partial charge in [-0.25, -0.2) is 0 Å². The van der Waals surface area contributed by atoms with E-state index < -0.39 is 0 Å². The minimum Gasteiger partial charge on any atom is -0.459 e. The molecule has 1 aromatic heterocycles. The third-order valence-electron chi connectivity index (χ3n) is 2.14. The van der Waals surface area contributed by atoms with Crippen LogP contribution in [0.15, 0.2) is 22.8 Å². The fraction of sp³-hybridized carbons (Fsp3) is 0.545. The Morgan fingerprint density at radius 2 is 2.20 bits per heavy atom. The number of amides is 1. The summed E-state index contributed by atoms with van der Waals surface area (Å²) in [6, 6.07) is 3.37. The number of rotatable bonds is 3. The quantitative estimate of drug-likeness (QED) is 0.822. The van der Waals surface area contributed by atoms with Crippen LogP contribution in [-0.2, 0) is 0 Å².